The van der Waals surface area contributed by atoms with E-state index < -0.39 is 0 Å². The van der Waals surface area contributed by atoms with Crippen LogP contribution >= 0.6 is 11.6 Å². The molecule has 0 amide bonds. The number of fused-ring (bicyclic) bond motifs is 1. The van der Waals surface area contributed by atoms with Crippen LogP contribution in [0.2, 0.25) is 5.15 Å². The van der Waals surface area contributed by atoms with Gasteiger partial charge in [0.1, 0.15) is 10.9 Å². The fourth-order valence-electron chi connectivity index (χ4n) is 2.22. The van der Waals surface area contributed by atoms with Crippen molar-refractivity contribution in [2.75, 3.05) is 27.4 Å². The van der Waals surface area contributed by atoms with Crippen LogP contribution in [0.4, 0.5) is 0 Å². The van der Waals surface area contributed by atoms with E-state index in [0.29, 0.717) is 24.9 Å². The van der Waals surface area contributed by atoms with Gasteiger partial charge in [-0.2, -0.15) is 5.10 Å². The van der Waals surface area contributed by atoms with Crippen LogP contribution in [-0.4, -0.2) is 38.2 Å². The fraction of sp³-hybridized carbons (Fsp3) is 0.400. The smallest absolute Gasteiger partial charge is 0.120 e. The van der Waals surface area contributed by atoms with Crippen molar-refractivity contribution in [2.24, 2.45) is 5.10 Å². The normalized spacial score (nSPS) is 11.4. The fourth-order valence-corrected chi connectivity index (χ4v) is 2.55. The second kappa shape index (κ2) is 7.33. The van der Waals surface area contributed by atoms with E-state index in [1.54, 1.807) is 20.4 Å². The highest BCUT2D eigenvalue weighted by atomic mass is 35.5. The lowest BCUT2D eigenvalue weighted by atomic mass is 10.2. The molecule has 0 fully saturated rings. The van der Waals surface area contributed by atoms with Gasteiger partial charge in [-0.05, 0) is 19.1 Å². The Hall–Kier alpha value is -1.72. The molecule has 0 aliphatic rings. The molecule has 114 valence electrons. The van der Waals surface area contributed by atoms with Crippen molar-refractivity contribution >= 4 is 28.7 Å². The van der Waals surface area contributed by atoms with Gasteiger partial charge in [-0.3, -0.25) is 0 Å². The molecule has 21 heavy (non-hydrogen) atoms. The molecule has 0 atom stereocenters. The van der Waals surface area contributed by atoms with Crippen molar-refractivity contribution in [3.05, 3.63) is 28.9 Å². The van der Waals surface area contributed by atoms with Gasteiger partial charge in [0.15, 0.2) is 0 Å². The van der Waals surface area contributed by atoms with Gasteiger partial charge >= 0.3 is 0 Å². The summed E-state index contributed by atoms with van der Waals surface area (Å²) in [4.78, 5) is 0. The molecule has 0 aliphatic heterocycles. The first kappa shape index (κ1) is 15.7. The van der Waals surface area contributed by atoms with Crippen molar-refractivity contribution in [3.8, 4) is 5.75 Å². The summed E-state index contributed by atoms with van der Waals surface area (Å²) < 4.78 is 12.8. The molecule has 1 aromatic heterocycles. The number of hydrogen-bond donors (Lipinski definition) is 1. The lowest BCUT2D eigenvalue weighted by Gasteiger charge is -2.08. The lowest BCUT2D eigenvalue weighted by Crippen LogP contribution is -2.06. The third kappa shape index (κ3) is 3.31. The molecule has 0 saturated carbocycles. The summed E-state index contributed by atoms with van der Waals surface area (Å²) in [5, 5.41) is 5.76. The maximum atomic E-state index is 6.51. The Balaban J connectivity index is 2.52. The number of nitrogens with zero attached hydrogens (tertiary/aromatic N) is 2. The van der Waals surface area contributed by atoms with Crippen LogP contribution in [0.1, 0.15) is 12.5 Å². The molecule has 0 radical (unpaired) electrons. The third-order valence-electron chi connectivity index (χ3n) is 3.23. The quantitative estimate of drug-likeness (QED) is 0.486. The summed E-state index contributed by atoms with van der Waals surface area (Å²) >= 11 is 6.51. The maximum Gasteiger partial charge on any atom is 0.120 e. The zero-order valence-corrected chi connectivity index (χ0v) is 13.3. The van der Waals surface area contributed by atoms with Gasteiger partial charge in [-0.1, -0.05) is 11.6 Å². The Morgan fingerprint density at radius 1 is 1.43 bits per heavy atom. The molecule has 1 N–H and O–H groups in total. The standard InChI is InChI=1S/C15H20ClN3O2/c1-4-21-8-7-19-14-9-11(20-3)5-6-12(14)13(15(19)16)10-18-17-2/h5-6,9-10,17H,4,7-8H2,1-3H3/b18-10+. The molecular weight excluding hydrogens is 290 g/mol. The predicted octanol–water partition coefficient (Wildman–Crippen LogP) is 2.89. The Morgan fingerprint density at radius 3 is 2.90 bits per heavy atom. The number of methoxy groups -OCH3 is 1. The minimum absolute atomic E-state index is 0.611. The maximum absolute atomic E-state index is 6.51. The average Bonchev–Trinajstić information content (AvgIpc) is 2.77. The molecule has 0 spiro atoms. The molecule has 2 rings (SSSR count). The first-order valence-electron chi connectivity index (χ1n) is 6.86. The summed E-state index contributed by atoms with van der Waals surface area (Å²) in [5.41, 5.74) is 4.64. The number of hydrogen-bond acceptors (Lipinski definition) is 4. The highest BCUT2D eigenvalue weighted by molar-refractivity contribution is 6.34. The third-order valence-corrected chi connectivity index (χ3v) is 3.64. The van der Waals surface area contributed by atoms with Crippen LogP contribution in [0.15, 0.2) is 23.3 Å². The first-order chi connectivity index (χ1) is 10.2. The Bertz CT molecular complexity index is 637. The molecule has 2 aromatic rings. The van der Waals surface area contributed by atoms with Gasteiger partial charge in [-0.25, -0.2) is 0 Å². The largest absolute Gasteiger partial charge is 0.497 e. The van der Waals surface area contributed by atoms with Gasteiger partial charge < -0.3 is 19.5 Å². The van der Waals surface area contributed by atoms with Crippen molar-refractivity contribution in [3.63, 3.8) is 0 Å². The number of halogens is 1. The van der Waals surface area contributed by atoms with E-state index in [0.717, 1.165) is 22.2 Å². The molecule has 5 nitrogen and oxygen atoms in total. The monoisotopic (exact) mass is 309 g/mol. The molecule has 1 aromatic carbocycles. The zero-order chi connectivity index (χ0) is 15.2. The first-order valence-corrected chi connectivity index (χ1v) is 7.24. The van der Waals surface area contributed by atoms with Gasteiger partial charge in [0.05, 0.1) is 25.4 Å². The SMILES string of the molecule is CCOCCn1c(Cl)c(/C=N/NC)c2ccc(OC)cc21. The number of nitrogens with one attached hydrogen (secondary N) is 1. The second-order valence-electron chi connectivity index (χ2n) is 4.42. The van der Waals surface area contributed by atoms with E-state index in [9.17, 15) is 0 Å². The van der Waals surface area contributed by atoms with Gasteiger partial charge in [0.2, 0.25) is 0 Å². The van der Waals surface area contributed by atoms with Crippen LogP contribution in [0, 0.1) is 0 Å². The Labute approximate surface area is 129 Å². The molecular formula is C15H20ClN3O2. The van der Waals surface area contributed by atoms with Crippen LogP contribution in [-0.2, 0) is 11.3 Å². The van der Waals surface area contributed by atoms with E-state index in [1.807, 2.05) is 29.7 Å². The summed E-state index contributed by atoms with van der Waals surface area (Å²) in [6.07, 6.45) is 1.73. The number of aromatic nitrogens is 1. The van der Waals surface area contributed by atoms with Crippen molar-refractivity contribution in [1.29, 1.82) is 0 Å². The molecule has 6 heteroatoms. The Kier molecular flexibility index (Phi) is 5.47. The number of hydrazone groups is 1. The zero-order valence-electron chi connectivity index (χ0n) is 12.5. The summed E-state index contributed by atoms with van der Waals surface area (Å²) in [6, 6.07) is 5.89. The van der Waals surface area contributed by atoms with E-state index in [-0.39, 0.29) is 0 Å². The highest BCUT2D eigenvalue weighted by Crippen LogP contribution is 2.31. The van der Waals surface area contributed by atoms with Crippen molar-refractivity contribution in [1.82, 2.24) is 9.99 Å². The van der Waals surface area contributed by atoms with Crippen LogP contribution in [0.25, 0.3) is 10.9 Å². The Morgan fingerprint density at radius 2 is 2.24 bits per heavy atom. The van der Waals surface area contributed by atoms with Crippen LogP contribution < -0.4 is 10.2 Å². The molecule has 0 unspecified atom stereocenters. The van der Waals surface area contributed by atoms with E-state index in [2.05, 4.69) is 10.5 Å². The van der Waals surface area contributed by atoms with Gasteiger partial charge in [0, 0.05) is 37.2 Å². The number of benzene rings is 1. The summed E-state index contributed by atoms with van der Waals surface area (Å²) in [7, 11) is 3.40. The van der Waals surface area contributed by atoms with Crippen LogP contribution in [0.5, 0.6) is 5.75 Å². The number of ether oxygens (including phenoxy) is 2. The minimum atomic E-state index is 0.611. The summed E-state index contributed by atoms with van der Waals surface area (Å²) in [5.74, 6) is 0.798. The van der Waals surface area contributed by atoms with Crippen LogP contribution in [0.3, 0.4) is 0 Å². The molecule has 0 saturated heterocycles. The molecule has 0 aliphatic carbocycles. The topological polar surface area (TPSA) is 47.8 Å². The summed E-state index contributed by atoms with van der Waals surface area (Å²) in [6.45, 7) is 3.96. The molecule has 1 heterocycles. The highest BCUT2D eigenvalue weighted by Gasteiger charge is 2.15. The van der Waals surface area contributed by atoms with E-state index >= 15 is 0 Å². The van der Waals surface area contributed by atoms with E-state index in [1.165, 1.54) is 0 Å². The van der Waals surface area contributed by atoms with Gasteiger partial charge in [-0.15, -0.1) is 0 Å². The average molecular weight is 310 g/mol. The lowest BCUT2D eigenvalue weighted by molar-refractivity contribution is 0.140. The number of rotatable bonds is 7. The second-order valence-corrected chi connectivity index (χ2v) is 4.78. The predicted molar refractivity (Wildman–Crippen MR) is 86.6 cm³/mol. The van der Waals surface area contributed by atoms with E-state index in [4.69, 9.17) is 21.1 Å². The molecule has 0 bridgehead atoms. The van der Waals surface area contributed by atoms with Gasteiger partial charge in [0.25, 0.3) is 0 Å². The minimum Gasteiger partial charge on any atom is -0.497 e. The van der Waals surface area contributed by atoms with Crippen molar-refractivity contribution in [2.45, 2.75) is 13.5 Å². The van der Waals surface area contributed by atoms with Crippen molar-refractivity contribution < 1.29 is 9.47 Å².